The van der Waals surface area contributed by atoms with Gasteiger partial charge in [-0.3, -0.25) is 9.48 Å². The molecule has 1 aromatic rings. The molecule has 0 amide bonds. The summed E-state index contributed by atoms with van der Waals surface area (Å²) in [5, 5.41) is 12.7. The van der Waals surface area contributed by atoms with Crippen molar-refractivity contribution in [2.45, 2.75) is 25.9 Å². The van der Waals surface area contributed by atoms with Gasteiger partial charge >= 0.3 is 5.97 Å². The van der Waals surface area contributed by atoms with Gasteiger partial charge in [0.05, 0.1) is 5.69 Å². The van der Waals surface area contributed by atoms with E-state index in [1.807, 2.05) is 13.8 Å². The van der Waals surface area contributed by atoms with Crippen LogP contribution in [0.25, 0.3) is 0 Å². The molecule has 0 aliphatic heterocycles. The van der Waals surface area contributed by atoms with Gasteiger partial charge in [-0.05, 0) is 19.9 Å². The molecule has 1 aromatic heterocycles. The first-order valence-corrected chi connectivity index (χ1v) is 4.06. The zero-order valence-electron chi connectivity index (χ0n) is 7.64. The molecule has 5 nitrogen and oxygen atoms in total. The lowest BCUT2D eigenvalue weighted by molar-refractivity contribution is -0.138. The molecule has 0 aromatic carbocycles. The maximum Gasteiger partial charge on any atom is 0.326 e. The second kappa shape index (κ2) is 3.57. The van der Waals surface area contributed by atoms with Crippen molar-refractivity contribution in [3.8, 4) is 0 Å². The third kappa shape index (κ3) is 1.86. The molecule has 0 radical (unpaired) electrons. The molecule has 72 valence electrons. The van der Waals surface area contributed by atoms with Gasteiger partial charge in [-0.2, -0.15) is 5.10 Å². The van der Waals surface area contributed by atoms with Gasteiger partial charge in [0.2, 0.25) is 0 Å². The molecular formula is C8H13N3O2. The Morgan fingerprint density at radius 3 is 2.77 bits per heavy atom. The average molecular weight is 183 g/mol. The van der Waals surface area contributed by atoms with E-state index >= 15 is 0 Å². The zero-order chi connectivity index (χ0) is 10.0. The molecule has 1 atom stereocenters. The highest BCUT2D eigenvalue weighted by molar-refractivity contribution is 5.74. The Morgan fingerprint density at radius 2 is 2.31 bits per heavy atom. The fourth-order valence-electron chi connectivity index (χ4n) is 1.13. The topological polar surface area (TPSA) is 81.1 Å². The van der Waals surface area contributed by atoms with Crippen LogP contribution in [0.3, 0.4) is 0 Å². The molecule has 3 N–H and O–H groups in total. The predicted octanol–water partition coefficient (Wildman–Crippen LogP) is 0.548. The Kier molecular flexibility index (Phi) is 2.67. The van der Waals surface area contributed by atoms with Crippen LogP contribution in [0.5, 0.6) is 0 Å². The van der Waals surface area contributed by atoms with Crippen molar-refractivity contribution in [2.24, 2.45) is 5.73 Å². The van der Waals surface area contributed by atoms with Crippen molar-refractivity contribution in [2.75, 3.05) is 0 Å². The quantitative estimate of drug-likeness (QED) is 0.717. The normalized spacial score (nSPS) is 13.2. The molecule has 0 bridgehead atoms. The summed E-state index contributed by atoms with van der Waals surface area (Å²) in [6.45, 7) is 3.84. The van der Waals surface area contributed by atoms with E-state index < -0.39 is 12.0 Å². The Hall–Kier alpha value is -1.36. The minimum absolute atomic E-state index is 0.121. The Bertz CT molecular complexity index is 306. The van der Waals surface area contributed by atoms with Crippen LogP contribution >= 0.6 is 0 Å². The van der Waals surface area contributed by atoms with Crippen molar-refractivity contribution in [1.29, 1.82) is 0 Å². The number of hydrogen-bond donors (Lipinski definition) is 2. The van der Waals surface area contributed by atoms with Gasteiger partial charge in [0, 0.05) is 12.2 Å². The molecule has 0 saturated carbocycles. The summed E-state index contributed by atoms with van der Waals surface area (Å²) in [4.78, 5) is 10.6. The second-order valence-corrected chi connectivity index (χ2v) is 3.11. The minimum atomic E-state index is -1.04. The van der Waals surface area contributed by atoms with E-state index in [-0.39, 0.29) is 6.04 Å². The van der Waals surface area contributed by atoms with Crippen LogP contribution in [0.2, 0.25) is 0 Å². The molecule has 0 aliphatic carbocycles. The largest absolute Gasteiger partial charge is 0.480 e. The van der Waals surface area contributed by atoms with Crippen LogP contribution in [-0.4, -0.2) is 20.9 Å². The van der Waals surface area contributed by atoms with E-state index in [1.54, 1.807) is 16.9 Å². The van der Waals surface area contributed by atoms with Crippen molar-refractivity contribution >= 4 is 5.97 Å². The van der Waals surface area contributed by atoms with Crippen LogP contribution in [-0.2, 0) is 4.79 Å². The predicted molar refractivity (Wildman–Crippen MR) is 47.2 cm³/mol. The summed E-state index contributed by atoms with van der Waals surface area (Å²) < 4.78 is 1.61. The molecule has 0 spiro atoms. The fraction of sp³-hybridized carbons (Fsp3) is 0.500. The molecule has 0 aliphatic rings. The first-order chi connectivity index (χ1) is 6.04. The van der Waals surface area contributed by atoms with E-state index in [9.17, 15) is 4.79 Å². The first-order valence-electron chi connectivity index (χ1n) is 4.06. The Labute approximate surface area is 76.2 Å². The zero-order valence-corrected chi connectivity index (χ0v) is 7.64. The molecule has 1 unspecified atom stereocenters. The summed E-state index contributed by atoms with van der Waals surface area (Å²) in [6.07, 6.45) is 1.55. The lowest BCUT2D eigenvalue weighted by Gasteiger charge is -2.13. The van der Waals surface area contributed by atoms with Crippen LogP contribution < -0.4 is 5.73 Å². The van der Waals surface area contributed by atoms with Gasteiger partial charge in [0.1, 0.15) is 6.04 Å². The van der Waals surface area contributed by atoms with Gasteiger partial charge in [-0.1, -0.05) is 0 Å². The van der Waals surface area contributed by atoms with Gasteiger partial charge in [-0.25, -0.2) is 0 Å². The first kappa shape index (κ1) is 9.73. The number of hydrogen-bond acceptors (Lipinski definition) is 3. The van der Waals surface area contributed by atoms with E-state index in [1.165, 1.54) is 0 Å². The minimum Gasteiger partial charge on any atom is -0.480 e. The highest BCUT2D eigenvalue weighted by Gasteiger charge is 2.19. The molecule has 0 fully saturated rings. The van der Waals surface area contributed by atoms with Crippen molar-refractivity contribution in [1.82, 2.24) is 9.78 Å². The fourth-order valence-corrected chi connectivity index (χ4v) is 1.13. The molecule has 13 heavy (non-hydrogen) atoms. The summed E-state index contributed by atoms with van der Waals surface area (Å²) in [6, 6.07) is 0.749. The number of aromatic nitrogens is 2. The van der Waals surface area contributed by atoms with Gasteiger partial charge < -0.3 is 10.8 Å². The maximum atomic E-state index is 10.6. The maximum absolute atomic E-state index is 10.6. The van der Waals surface area contributed by atoms with Crippen molar-refractivity contribution in [3.05, 3.63) is 18.0 Å². The molecule has 1 heterocycles. The number of carboxylic acid groups (broad SMARTS) is 1. The highest BCUT2D eigenvalue weighted by Crippen LogP contribution is 2.14. The van der Waals surface area contributed by atoms with Gasteiger partial charge in [-0.15, -0.1) is 0 Å². The number of rotatable bonds is 3. The third-order valence-corrected chi connectivity index (χ3v) is 1.77. The smallest absolute Gasteiger partial charge is 0.326 e. The van der Waals surface area contributed by atoms with E-state index in [2.05, 4.69) is 5.10 Å². The number of aliphatic carboxylic acids is 1. The van der Waals surface area contributed by atoms with Crippen LogP contribution in [0.4, 0.5) is 0 Å². The van der Waals surface area contributed by atoms with E-state index in [0.29, 0.717) is 5.69 Å². The van der Waals surface area contributed by atoms with Crippen molar-refractivity contribution < 1.29 is 9.90 Å². The molecular weight excluding hydrogens is 170 g/mol. The summed E-state index contributed by atoms with van der Waals surface area (Å²) in [5.41, 5.74) is 5.99. The van der Waals surface area contributed by atoms with Crippen LogP contribution in [0, 0.1) is 0 Å². The number of nitrogens with zero attached hydrogens (tertiary/aromatic N) is 2. The number of carboxylic acids is 1. The Morgan fingerprint density at radius 1 is 1.69 bits per heavy atom. The monoisotopic (exact) mass is 183 g/mol. The lowest BCUT2D eigenvalue weighted by atomic mass is 10.2. The van der Waals surface area contributed by atoms with Gasteiger partial charge in [0.15, 0.2) is 0 Å². The summed E-state index contributed by atoms with van der Waals surface area (Å²) in [7, 11) is 0. The van der Waals surface area contributed by atoms with Crippen LogP contribution in [0.15, 0.2) is 12.3 Å². The number of nitrogens with two attached hydrogens (primary N) is 1. The second-order valence-electron chi connectivity index (χ2n) is 3.11. The van der Waals surface area contributed by atoms with E-state index in [4.69, 9.17) is 10.8 Å². The Balaban J connectivity index is 3.00. The summed E-state index contributed by atoms with van der Waals surface area (Å²) >= 11 is 0. The van der Waals surface area contributed by atoms with Crippen LogP contribution in [0.1, 0.15) is 31.6 Å². The number of carbonyl (C=O) groups is 1. The average Bonchev–Trinajstić information content (AvgIpc) is 2.50. The highest BCUT2D eigenvalue weighted by atomic mass is 16.4. The lowest BCUT2D eigenvalue weighted by Crippen LogP contribution is -2.24. The molecule has 1 rings (SSSR count). The third-order valence-electron chi connectivity index (χ3n) is 1.77. The summed E-state index contributed by atoms with van der Waals surface area (Å²) in [5.74, 6) is -1.04. The standard InChI is InChI=1S/C8H13N3O2/c1-5(2)11-6(3-4-10-11)7(9)8(12)13/h3-5,7H,9H2,1-2H3,(H,12,13). The van der Waals surface area contributed by atoms with Gasteiger partial charge in [0.25, 0.3) is 0 Å². The molecule has 0 saturated heterocycles. The molecule has 5 heteroatoms. The van der Waals surface area contributed by atoms with Crippen molar-refractivity contribution in [3.63, 3.8) is 0 Å². The SMILES string of the molecule is CC(C)n1nccc1C(N)C(=O)O. The van der Waals surface area contributed by atoms with E-state index in [0.717, 1.165) is 0 Å².